The van der Waals surface area contributed by atoms with E-state index in [0.29, 0.717) is 6.42 Å². The summed E-state index contributed by atoms with van der Waals surface area (Å²) < 4.78 is 6.01. The van der Waals surface area contributed by atoms with Crippen LogP contribution in [0.15, 0.2) is 59.0 Å². The molecule has 1 aliphatic rings. The Bertz CT molecular complexity index is 1080. The number of benzene rings is 2. The van der Waals surface area contributed by atoms with Gasteiger partial charge in [-0.3, -0.25) is 10.1 Å². The third kappa shape index (κ3) is 2.16. The lowest BCUT2D eigenvalue weighted by Crippen LogP contribution is -2.44. The highest BCUT2D eigenvalue weighted by atomic mass is 16.4. The number of aromatic amines is 1. The van der Waals surface area contributed by atoms with Gasteiger partial charge in [-0.1, -0.05) is 36.4 Å². The van der Waals surface area contributed by atoms with Crippen LogP contribution in [-0.2, 0) is 11.2 Å². The van der Waals surface area contributed by atoms with Crippen molar-refractivity contribution in [1.82, 2.24) is 10.3 Å². The minimum Gasteiger partial charge on any atom is -0.480 e. The number of rotatable bonds is 2. The summed E-state index contributed by atoms with van der Waals surface area (Å²) in [7, 11) is 0. The fourth-order valence-electron chi connectivity index (χ4n) is 3.76. The molecular weight excluding hydrogens is 316 g/mol. The number of carbonyl (C=O) groups is 1. The first kappa shape index (κ1) is 14.3. The molecule has 25 heavy (non-hydrogen) atoms. The van der Waals surface area contributed by atoms with Crippen LogP contribution >= 0.6 is 0 Å². The monoisotopic (exact) mass is 332 g/mol. The summed E-state index contributed by atoms with van der Waals surface area (Å²) in [5, 5.41) is 14.9. The van der Waals surface area contributed by atoms with Crippen molar-refractivity contribution in [1.29, 1.82) is 0 Å². The molecule has 5 rings (SSSR count). The first-order chi connectivity index (χ1) is 12.2. The first-order valence-corrected chi connectivity index (χ1v) is 8.27. The maximum absolute atomic E-state index is 11.7. The van der Waals surface area contributed by atoms with Gasteiger partial charge in [0, 0.05) is 28.4 Å². The number of nitrogens with one attached hydrogen (secondary N) is 2. The molecule has 2 aromatic carbocycles. The second-order valence-electron chi connectivity index (χ2n) is 6.44. The van der Waals surface area contributed by atoms with Gasteiger partial charge in [-0.25, -0.2) is 0 Å². The number of aromatic nitrogens is 1. The van der Waals surface area contributed by atoms with Crippen molar-refractivity contribution in [2.45, 2.75) is 18.5 Å². The van der Waals surface area contributed by atoms with Gasteiger partial charge in [0.25, 0.3) is 0 Å². The van der Waals surface area contributed by atoms with Crippen molar-refractivity contribution < 1.29 is 14.3 Å². The Hall–Kier alpha value is -3.05. The molecule has 3 N–H and O–H groups in total. The number of para-hydroxylation sites is 2. The van der Waals surface area contributed by atoms with Crippen LogP contribution in [0.3, 0.4) is 0 Å². The Kier molecular flexibility index (Phi) is 2.99. The standard InChI is InChI=1S/C20H16N2O3/c23-20(24)15-10-13-12-6-2-3-7-14(12)21-18(13)19(22-15)17-9-11-5-1-4-8-16(11)25-17/h1-9,15,19,21-22H,10H2,(H,23,24)/t15-,19-/m1/s1. The molecule has 0 radical (unpaired) electrons. The van der Waals surface area contributed by atoms with Crippen LogP contribution in [0.2, 0.25) is 0 Å². The lowest BCUT2D eigenvalue weighted by molar-refractivity contribution is -0.139. The fraction of sp³-hybridized carbons (Fsp3) is 0.150. The number of hydrogen-bond acceptors (Lipinski definition) is 3. The first-order valence-electron chi connectivity index (χ1n) is 8.27. The zero-order valence-electron chi connectivity index (χ0n) is 13.3. The Morgan fingerprint density at radius 1 is 1.12 bits per heavy atom. The number of carboxylic acids is 1. The Labute approximate surface area is 143 Å². The predicted molar refractivity (Wildman–Crippen MR) is 94.6 cm³/mol. The summed E-state index contributed by atoms with van der Waals surface area (Å²) >= 11 is 0. The summed E-state index contributed by atoms with van der Waals surface area (Å²) in [6.45, 7) is 0. The van der Waals surface area contributed by atoms with E-state index in [2.05, 4.69) is 10.3 Å². The predicted octanol–water partition coefficient (Wildman–Crippen LogP) is 3.60. The van der Waals surface area contributed by atoms with Crippen LogP contribution in [-0.4, -0.2) is 22.1 Å². The van der Waals surface area contributed by atoms with Crippen LogP contribution < -0.4 is 5.32 Å². The Morgan fingerprint density at radius 2 is 1.92 bits per heavy atom. The van der Waals surface area contributed by atoms with Gasteiger partial charge in [0.2, 0.25) is 0 Å². The van der Waals surface area contributed by atoms with Crippen molar-refractivity contribution in [2.24, 2.45) is 0 Å². The molecule has 3 heterocycles. The molecule has 0 saturated carbocycles. The van der Waals surface area contributed by atoms with Crippen molar-refractivity contribution in [2.75, 3.05) is 0 Å². The van der Waals surface area contributed by atoms with Crippen molar-refractivity contribution in [3.8, 4) is 0 Å². The van der Waals surface area contributed by atoms with Crippen molar-refractivity contribution >= 4 is 27.8 Å². The van der Waals surface area contributed by atoms with E-state index < -0.39 is 12.0 Å². The number of aliphatic carboxylic acids is 1. The topological polar surface area (TPSA) is 78.3 Å². The summed E-state index contributed by atoms with van der Waals surface area (Å²) in [4.78, 5) is 15.1. The summed E-state index contributed by atoms with van der Waals surface area (Å²) in [6.07, 6.45) is 0.450. The van der Waals surface area contributed by atoms with Crippen LogP contribution in [0.5, 0.6) is 0 Å². The second-order valence-corrected chi connectivity index (χ2v) is 6.44. The molecule has 124 valence electrons. The lowest BCUT2D eigenvalue weighted by Gasteiger charge is -2.27. The van der Waals surface area contributed by atoms with Gasteiger partial charge in [0.15, 0.2) is 0 Å². The van der Waals surface area contributed by atoms with E-state index in [-0.39, 0.29) is 6.04 Å². The molecule has 0 aliphatic carbocycles. The average Bonchev–Trinajstić information content (AvgIpc) is 3.22. The third-order valence-corrected chi connectivity index (χ3v) is 4.94. The van der Waals surface area contributed by atoms with Crippen LogP contribution in [0.4, 0.5) is 0 Å². The molecule has 2 aromatic heterocycles. The van der Waals surface area contributed by atoms with Gasteiger partial charge in [0.05, 0.1) is 0 Å². The minimum atomic E-state index is -0.850. The Balaban J connectivity index is 1.72. The molecule has 0 unspecified atom stereocenters. The zero-order chi connectivity index (χ0) is 17.0. The maximum Gasteiger partial charge on any atom is 0.321 e. The van der Waals surface area contributed by atoms with E-state index in [4.69, 9.17) is 4.42 Å². The molecule has 5 nitrogen and oxygen atoms in total. The summed E-state index contributed by atoms with van der Waals surface area (Å²) in [5.74, 6) is -0.128. The number of carboxylic acid groups (broad SMARTS) is 1. The van der Waals surface area contributed by atoms with Gasteiger partial charge in [0.1, 0.15) is 23.4 Å². The van der Waals surface area contributed by atoms with E-state index in [0.717, 1.165) is 38.9 Å². The molecule has 0 saturated heterocycles. The third-order valence-electron chi connectivity index (χ3n) is 4.94. The highest BCUT2D eigenvalue weighted by Gasteiger charge is 2.35. The molecular formula is C20H16N2O3. The molecule has 0 fully saturated rings. The molecule has 0 amide bonds. The van der Waals surface area contributed by atoms with E-state index in [1.54, 1.807) is 0 Å². The molecule has 1 aliphatic heterocycles. The minimum absolute atomic E-state index is 0.315. The highest BCUT2D eigenvalue weighted by molar-refractivity contribution is 5.87. The van der Waals surface area contributed by atoms with E-state index in [9.17, 15) is 9.90 Å². The maximum atomic E-state index is 11.7. The number of H-pyrrole nitrogens is 1. The zero-order valence-corrected chi connectivity index (χ0v) is 13.3. The van der Waals surface area contributed by atoms with Crippen LogP contribution in [0, 0.1) is 0 Å². The molecule has 0 spiro atoms. The lowest BCUT2D eigenvalue weighted by atomic mass is 9.93. The molecule has 5 heteroatoms. The SMILES string of the molecule is O=C(O)[C@H]1Cc2c([nH]c3ccccc23)[C@@H](c2cc3ccccc3o2)N1. The Morgan fingerprint density at radius 3 is 2.76 bits per heavy atom. The average molecular weight is 332 g/mol. The molecule has 2 atom stereocenters. The van der Waals surface area contributed by atoms with Gasteiger partial charge in [-0.2, -0.15) is 0 Å². The smallest absolute Gasteiger partial charge is 0.321 e. The summed E-state index contributed by atoms with van der Waals surface area (Å²) in [6, 6.07) is 16.8. The van der Waals surface area contributed by atoms with E-state index >= 15 is 0 Å². The van der Waals surface area contributed by atoms with E-state index in [1.165, 1.54) is 0 Å². The normalized spacial score (nSPS) is 20.0. The number of furan rings is 1. The number of fused-ring (bicyclic) bond motifs is 4. The summed E-state index contributed by atoms with van der Waals surface area (Å²) in [5.41, 5.74) is 3.85. The van der Waals surface area contributed by atoms with Gasteiger partial charge >= 0.3 is 5.97 Å². The van der Waals surface area contributed by atoms with Gasteiger partial charge in [-0.15, -0.1) is 0 Å². The quantitative estimate of drug-likeness (QED) is 0.524. The van der Waals surface area contributed by atoms with Crippen molar-refractivity contribution in [3.05, 3.63) is 71.6 Å². The van der Waals surface area contributed by atoms with Gasteiger partial charge < -0.3 is 14.5 Å². The van der Waals surface area contributed by atoms with Crippen molar-refractivity contribution in [3.63, 3.8) is 0 Å². The van der Waals surface area contributed by atoms with Gasteiger partial charge in [-0.05, 0) is 23.8 Å². The largest absolute Gasteiger partial charge is 0.480 e. The number of hydrogen-bond donors (Lipinski definition) is 3. The molecule has 0 bridgehead atoms. The van der Waals surface area contributed by atoms with E-state index in [1.807, 2.05) is 54.6 Å². The van der Waals surface area contributed by atoms with Crippen LogP contribution in [0.25, 0.3) is 21.9 Å². The fourth-order valence-corrected chi connectivity index (χ4v) is 3.76. The molecule has 4 aromatic rings. The van der Waals surface area contributed by atoms with Crippen LogP contribution in [0.1, 0.15) is 23.1 Å². The second kappa shape index (κ2) is 5.22. The highest BCUT2D eigenvalue weighted by Crippen LogP contribution is 2.37.